The molecule has 0 saturated heterocycles. The highest BCUT2D eigenvalue weighted by molar-refractivity contribution is 4.99. The van der Waals surface area contributed by atoms with Gasteiger partial charge in [-0.3, -0.25) is 4.90 Å². The maximum Gasteiger partial charge on any atom is 0.0629 e. The van der Waals surface area contributed by atoms with Crippen molar-refractivity contribution in [1.82, 2.24) is 9.80 Å². The molecule has 0 spiro atoms. The van der Waals surface area contributed by atoms with Crippen LogP contribution in [0.15, 0.2) is 0 Å². The van der Waals surface area contributed by atoms with Crippen LogP contribution in [-0.2, 0) is 4.74 Å². The Hall–Kier alpha value is -0.200. The van der Waals surface area contributed by atoms with Crippen molar-refractivity contribution in [1.29, 1.82) is 0 Å². The maximum absolute atomic E-state index is 9.53. The fraction of sp³-hybridized carbons (Fsp3) is 1.00. The number of aliphatic hydroxyl groups excluding tert-OH is 1. The van der Waals surface area contributed by atoms with E-state index in [2.05, 4.69) is 23.9 Å². The van der Waals surface area contributed by atoms with E-state index in [9.17, 15) is 5.11 Å². The lowest BCUT2D eigenvalue weighted by Gasteiger charge is -2.50. The minimum Gasteiger partial charge on any atom is -0.395 e. The molecule has 0 radical (unpaired) electrons. The highest BCUT2D eigenvalue weighted by atomic mass is 16.5. The summed E-state index contributed by atoms with van der Waals surface area (Å²) in [4.78, 5) is 4.49. The van der Waals surface area contributed by atoms with Gasteiger partial charge in [0.25, 0.3) is 0 Å². The van der Waals surface area contributed by atoms with Crippen molar-refractivity contribution >= 4 is 0 Å². The van der Waals surface area contributed by atoms with Crippen LogP contribution >= 0.6 is 0 Å². The average Bonchev–Trinajstić information content (AvgIpc) is 2.24. The van der Waals surface area contributed by atoms with Crippen LogP contribution in [0.5, 0.6) is 0 Å². The Bertz CT molecular complexity index is 244. The van der Waals surface area contributed by atoms with Gasteiger partial charge in [0.2, 0.25) is 0 Å². The Morgan fingerprint density at radius 1 is 1.33 bits per heavy atom. The molecule has 108 valence electrons. The summed E-state index contributed by atoms with van der Waals surface area (Å²) in [7, 11) is 7.95. The van der Waals surface area contributed by atoms with E-state index in [0.29, 0.717) is 6.61 Å². The number of aliphatic hydroxyl groups is 1. The number of methoxy groups -OCH3 is 1. The van der Waals surface area contributed by atoms with E-state index < -0.39 is 0 Å². The molecule has 0 amide bonds. The normalized spacial score (nSPS) is 22.0. The van der Waals surface area contributed by atoms with E-state index >= 15 is 0 Å². The lowest BCUT2D eigenvalue weighted by Crippen LogP contribution is -2.61. The van der Waals surface area contributed by atoms with Gasteiger partial charge in [0, 0.05) is 31.3 Å². The number of hydrogen-bond acceptors (Lipinski definition) is 5. The first-order chi connectivity index (χ1) is 8.46. The molecule has 1 fully saturated rings. The Morgan fingerprint density at radius 3 is 2.28 bits per heavy atom. The van der Waals surface area contributed by atoms with E-state index in [0.717, 1.165) is 6.54 Å². The molecule has 1 saturated carbocycles. The lowest BCUT2D eigenvalue weighted by molar-refractivity contribution is -0.00249. The van der Waals surface area contributed by atoms with Crippen LogP contribution in [0.4, 0.5) is 0 Å². The fourth-order valence-electron chi connectivity index (χ4n) is 2.82. The van der Waals surface area contributed by atoms with Crippen molar-refractivity contribution in [2.75, 3.05) is 48.0 Å². The second-order valence-corrected chi connectivity index (χ2v) is 5.76. The molecule has 18 heavy (non-hydrogen) atoms. The predicted molar refractivity (Wildman–Crippen MR) is 73.6 cm³/mol. The first-order valence-electron chi connectivity index (χ1n) is 6.70. The molecule has 2 unspecified atom stereocenters. The highest BCUT2D eigenvalue weighted by Gasteiger charge is 2.41. The van der Waals surface area contributed by atoms with Gasteiger partial charge in [-0.2, -0.15) is 0 Å². The molecule has 0 aromatic rings. The molecule has 5 heteroatoms. The van der Waals surface area contributed by atoms with E-state index in [1.54, 1.807) is 7.11 Å². The third kappa shape index (κ3) is 3.42. The standard InChI is InChI=1S/C13H29N3O2/c1-15(2)13(6-5-7-13)10-16(3)12(8-17)11(14)9-18-4/h11-12,17H,5-10,14H2,1-4H3. The van der Waals surface area contributed by atoms with E-state index in [4.69, 9.17) is 10.5 Å². The molecule has 0 aliphatic heterocycles. The van der Waals surface area contributed by atoms with Crippen LogP contribution in [0.25, 0.3) is 0 Å². The minimum atomic E-state index is -0.149. The van der Waals surface area contributed by atoms with Gasteiger partial charge in [-0.15, -0.1) is 0 Å². The third-order valence-electron chi connectivity index (χ3n) is 4.38. The number of nitrogens with two attached hydrogens (primary N) is 1. The Balaban J connectivity index is 2.58. The average molecular weight is 259 g/mol. The molecule has 3 N–H and O–H groups in total. The van der Waals surface area contributed by atoms with Crippen LogP contribution in [-0.4, -0.2) is 80.5 Å². The summed E-state index contributed by atoms with van der Waals surface area (Å²) in [5, 5.41) is 9.53. The molecule has 5 nitrogen and oxygen atoms in total. The van der Waals surface area contributed by atoms with Crippen molar-refractivity contribution in [2.24, 2.45) is 5.73 Å². The number of ether oxygens (including phenoxy) is 1. The smallest absolute Gasteiger partial charge is 0.0629 e. The number of nitrogens with zero attached hydrogens (tertiary/aromatic N) is 2. The number of rotatable bonds is 8. The molecule has 1 aliphatic carbocycles. The topological polar surface area (TPSA) is 62.0 Å². The molecule has 1 aliphatic rings. The van der Waals surface area contributed by atoms with Crippen molar-refractivity contribution in [2.45, 2.75) is 36.9 Å². The van der Waals surface area contributed by atoms with Crippen LogP contribution in [0, 0.1) is 0 Å². The molecule has 0 aromatic carbocycles. The summed E-state index contributed by atoms with van der Waals surface area (Å²) < 4.78 is 5.08. The molecular formula is C13H29N3O2. The van der Waals surface area contributed by atoms with Crippen LogP contribution < -0.4 is 5.73 Å². The summed E-state index contributed by atoms with van der Waals surface area (Å²) in [5.41, 5.74) is 6.31. The number of likely N-dealkylation sites (N-methyl/N-ethyl adjacent to an activating group) is 2. The second-order valence-electron chi connectivity index (χ2n) is 5.76. The molecule has 0 aromatic heterocycles. The van der Waals surface area contributed by atoms with Gasteiger partial charge >= 0.3 is 0 Å². The summed E-state index contributed by atoms with van der Waals surface area (Å²) in [6, 6.07) is -0.188. The Labute approximate surface area is 111 Å². The minimum absolute atomic E-state index is 0.0395. The summed E-state index contributed by atoms with van der Waals surface area (Å²) in [6.45, 7) is 1.50. The third-order valence-corrected chi connectivity index (χ3v) is 4.38. The largest absolute Gasteiger partial charge is 0.395 e. The SMILES string of the molecule is COCC(N)C(CO)N(C)CC1(N(C)C)CCC1. The quantitative estimate of drug-likeness (QED) is 0.629. The summed E-state index contributed by atoms with van der Waals surface area (Å²) in [6.07, 6.45) is 3.74. The second kappa shape index (κ2) is 6.82. The monoisotopic (exact) mass is 259 g/mol. The van der Waals surface area contributed by atoms with Crippen molar-refractivity contribution in [3.05, 3.63) is 0 Å². The van der Waals surface area contributed by atoms with Crippen LogP contribution in [0.1, 0.15) is 19.3 Å². The highest BCUT2D eigenvalue weighted by Crippen LogP contribution is 2.36. The van der Waals surface area contributed by atoms with E-state index in [-0.39, 0.29) is 24.2 Å². The first-order valence-corrected chi connectivity index (χ1v) is 6.70. The van der Waals surface area contributed by atoms with Crippen LogP contribution in [0.2, 0.25) is 0 Å². The van der Waals surface area contributed by atoms with Gasteiger partial charge in [-0.25, -0.2) is 0 Å². The fourth-order valence-corrected chi connectivity index (χ4v) is 2.82. The van der Waals surface area contributed by atoms with Crippen molar-refractivity contribution < 1.29 is 9.84 Å². The summed E-state index contributed by atoms with van der Waals surface area (Å²) >= 11 is 0. The van der Waals surface area contributed by atoms with Gasteiger partial charge in [-0.05, 0) is 40.4 Å². The van der Waals surface area contributed by atoms with Crippen molar-refractivity contribution in [3.8, 4) is 0 Å². The molecule has 0 heterocycles. The molecule has 1 rings (SSSR count). The van der Waals surface area contributed by atoms with Gasteiger partial charge in [0.15, 0.2) is 0 Å². The molecular weight excluding hydrogens is 230 g/mol. The first kappa shape index (κ1) is 15.9. The lowest BCUT2D eigenvalue weighted by atomic mass is 9.75. The molecule has 2 atom stereocenters. The van der Waals surface area contributed by atoms with Gasteiger partial charge in [0.1, 0.15) is 0 Å². The number of hydrogen-bond donors (Lipinski definition) is 2. The van der Waals surface area contributed by atoms with Gasteiger partial charge in [0.05, 0.1) is 13.2 Å². The Kier molecular flexibility index (Phi) is 6.01. The maximum atomic E-state index is 9.53. The van der Waals surface area contributed by atoms with E-state index in [1.165, 1.54) is 19.3 Å². The summed E-state index contributed by atoms with van der Waals surface area (Å²) in [5.74, 6) is 0. The predicted octanol–water partition coefficient (Wildman–Crippen LogP) is -0.263. The zero-order chi connectivity index (χ0) is 13.8. The zero-order valence-corrected chi connectivity index (χ0v) is 12.2. The van der Waals surface area contributed by atoms with Crippen molar-refractivity contribution in [3.63, 3.8) is 0 Å². The van der Waals surface area contributed by atoms with Gasteiger partial charge in [-0.1, -0.05) is 0 Å². The molecule has 0 bridgehead atoms. The van der Waals surface area contributed by atoms with Crippen LogP contribution in [0.3, 0.4) is 0 Å². The van der Waals surface area contributed by atoms with E-state index in [1.807, 2.05) is 7.05 Å². The Morgan fingerprint density at radius 2 is 1.94 bits per heavy atom. The zero-order valence-electron chi connectivity index (χ0n) is 12.2. The van der Waals surface area contributed by atoms with Gasteiger partial charge < -0.3 is 20.5 Å².